The van der Waals surface area contributed by atoms with Gasteiger partial charge in [0.1, 0.15) is 11.7 Å². The lowest BCUT2D eigenvalue weighted by Gasteiger charge is -2.29. The smallest absolute Gasteiger partial charge is 0.321 e. The number of alkyl halides is 2. The Morgan fingerprint density at radius 1 is 1.03 bits per heavy atom. The molecule has 32 heavy (non-hydrogen) atoms. The second-order valence-electron chi connectivity index (χ2n) is 7.59. The van der Waals surface area contributed by atoms with Gasteiger partial charge >= 0.3 is 6.55 Å². The molecule has 4 heterocycles. The number of fused-ring (bicyclic) bond motifs is 1. The summed E-state index contributed by atoms with van der Waals surface area (Å²) in [6, 6.07) is 12.6. The number of nitrogens with one attached hydrogen (secondary N) is 1. The van der Waals surface area contributed by atoms with Gasteiger partial charge in [0.2, 0.25) is 11.8 Å². The third-order valence-electron chi connectivity index (χ3n) is 5.62. The third kappa shape index (κ3) is 3.33. The zero-order valence-corrected chi connectivity index (χ0v) is 16.7. The maximum atomic E-state index is 13.6. The van der Waals surface area contributed by atoms with E-state index < -0.39 is 18.5 Å². The van der Waals surface area contributed by atoms with Gasteiger partial charge in [0.25, 0.3) is 5.91 Å². The highest BCUT2D eigenvalue weighted by molar-refractivity contribution is 6.05. The van der Waals surface area contributed by atoms with Crippen LogP contribution in [0, 0.1) is 0 Å². The molecule has 0 spiro atoms. The Morgan fingerprint density at radius 2 is 1.81 bits per heavy atom. The zero-order chi connectivity index (χ0) is 22.4. The van der Waals surface area contributed by atoms with Gasteiger partial charge in [-0.1, -0.05) is 30.3 Å². The summed E-state index contributed by atoms with van der Waals surface area (Å²) in [5.74, 6) is -1.22. The van der Waals surface area contributed by atoms with Crippen molar-refractivity contribution in [3.63, 3.8) is 0 Å². The summed E-state index contributed by atoms with van der Waals surface area (Å²) >= 11 is 0. The van der Waals surface area contributed by atoms with Crippen LogP contribution in [0.1, 0.15) is 35.4 Å². The lowest BCUT2D eigenvalue weighted by atomic mass is 10.0. The van der Waals surface area contributed by atoms with Gasteiger partial charge in [0, 0.05) is 12.0 Å². The molecule has 1 saturated heterocycles. The van der Waals surface area contributed by atoms with Crippen LogP contribution in [0.5, 0.6) is 0 Å². The van der Waals surface area contributed by atoms with Gasteiger partial charge in [-0.25, -0.2) is 9.67 Å². The second kappa shape index (κ2) is 7.63. The SMILES string of the molecule is O=C1CCC(N2Cc3nc(-c4cc(-c5ccccc5)n(C(F)F)n4)ccc3C2=O)C(=O)N1. The maximum absolute atomic E-state index is 13.6. The normalized spacial score (nSPS) is 18.3. The van der Waals surface area contributed by atoms with Crippen molar-refractivity contribution in [2.45, 2.75) is 32.0 Å². The van der Waals surface area contributed by atoms with Gasteiger partial charge in [-0.2, -0.15) is 13.9 Å². The fraction of sp³-hybridized carbons (Fsp3) is 0.227. The molecule has 3 amide bonds. The third-order valence-corrected chi connectivity index (χ3v) is 5.62. The van der Waals surface area contributed by atoms with Crippen LogP contribution in [0.3, 0.4) is 0 Å². The molecule has 1 unspecified atom stereocenters. The molecule has 1 atom stereocenters. The largest absolute Gasteiger partial charge is 0.333 e. The van der Waals surface area contributed by atoms with E-state index in [1.165, 1.54) is 11.0 Å². The van der Waals surface area contributed by atoms with Gasteiger partial charge in [0.15, 0.2) is 0 Å². The molecule has 0 bridgehead atoms. The number of piperidine rings is 1. The molecular formula is C22H17F2N5O3. The first kappa shape index (κ1) is 20.0. The number of pyridine rings is 1. The first-order chi connectivity index (χ1) is 15.4. The second-order valence-corrected chi connectivity index (χ2v) is 7.59. The zero-order valence-electron chi connectivity index (χ0n) is 16.7. The van der Waals surface area contributed by atoms with Crippen molar-refractivity contribution >= 4 is 17.7 Å². The van der Waals surface area contributed by atoms with Crippen LogP contribution in [-0.4, -0.2) is 43.4 Å². The van der Waals surface area contributed by atoms with Crippen LogP contribution < -0.4 is 5.32 Å². The first-order valence-corrected chi connectivity index (χ1v) is 10.0. The van der Waals surface area contributed by atoms with E-state index in [0.717, 1.165) is 0 Å². The molecule has 0 aliphatic carbocycles. The van der Waals surface area contributed by atoms with Gasteiger partial charge < -0.3 is 4.90 Å². The summed E-state index contributed by atoms with van der Waals surface area (Å²) in [7, 11) is 0. The molecule has 1 aromatic carbocycles. The predicted octanol–water partition coefficient (Wildman–Crippen LogP) is 2.77. The van der Waals surface area contributed by atoms with E-state index in [0.29, 0.717) is 27.2 Å². The van der Waals surface area contributed by atoms with Crippen LogP contribution in [0.4, 0.5) is 8.78 Å². The lowest BCUT2D eigenvalue weighted by Crippen LogP contribution is -2.52. The molecule has 1 fully saturated rings. The fourth-order valence-electron chi connectivity index (χ4n) is 4.07. The van der Waals surface area contributed by atoms with Gasteiger partial charge in [-0.3, -0.25) is 19.7 Å². The van der Waals surface area contributed by atoms with Crippen LogP contribution in [0.2, 0.25) is 0 Å². The molecular weight excluding hydrogens is 420 g/mol. The lowest BCUT2D eigenvalue weighted by molar-refractivity contribution is -0.136. The van der Waals surface area contributed by atoms with Crippen molar-refractivity contribution in [3.05, 3.63) is 59.8 Å². The molecule has 0 radical (unpaired) electrons. The molecule has 8 nitrogen and oxygen atoms in total. The van der Waals surface area contributed by atoms with E-state index >= 15 is 0 Å². The monoisotopic (exact) mass is 437 g/mol. The van der Waals surface area contributed by atoms with Crippen molar-refractivity contribution in [3.8, 4) is 22.6 Å². The fourth-order valence-corrected chi connectivity index (χ4v) is 4.07. The molecule has 2 aromatic heterocycles. The topological polar surface area (TPSA) is 97.2 Å². The highest BCUT2D eigenvalue weighted by Crippen LogP contribution is 2.31. The maximum Gasteiger partial charge on any atom is 0.333 e. The van der Waals surface area contributed by atoms with E-state index in [-0.39, 0.29) is 42.6 Å². The number of hydrogen-bond acceptors (Lipinski definition) is 5. The van der Waals surface area contributed by atoms with Gasteiger partial charge in [-0.05, 0) is 24.6 Å². The van der Waals surface area contributed by atoms with Gasteiger partial charge in [0.05, 0.1) is 29.2 Å². The van der Waals surface area contributed by atoms with Crippen LogP contribution in [0.15, 0.2) is 48.5 Å². The van der Waals surface area contributed by atoms with Crippen molar-refractivity contribution in [1.82, 2.24) is 25.0 Å². The summed E-state index contributed by atoms with van der Waals surface area (Å²) in [6.45, 7) is -2.74. The standard InChI is InChI=1S/C22H17F2N5O3/c23-22(24)29-18(12-4-2-1-3-5-12)10-15(27-29)14-7-6-13-16(25-14)11-28(21(13)32)17-8-9-19(30)26-20(17)31/h1-7,10,17,22H,8-9,11H2,(H,26,30,31). The number of benzene rings is 1. The summed E-state index contributed by atoms with van der Waals surface area (Å²) in [5.41, 5.74) is 2.21. The van der Waals surface area contributed by atoms with E-state index in [1.54, 1.807) is 42.5 Å². The summed E-state index contributed by atoms with van der Waals surface area (Å²) in [5, 5.41) is 6.28. The average molecular weight is 437 g/mol. The Kier molecular flexibility index (Phi) is 4.76. The van der Waals surface area contributed by atoms with Crippen molar-refractivity contribution in [2.24, 2.45) is 0 Å². The predicted molar refractivity (Wildman–Crippen MR) is 108 cm³/mol. The number of carbonyl (C=O) groups is 3. The number of aromatic nitrogens is 3. The van der Waals surface area contributed by atoms with E-state index in [2.05, 4.69) is 15.4 Å². The average Bonchev–Trinajstić information content (AvgIpc) is 3.37. The highest BCUT2D eigenvalue weighted by Gasteiger charge is 2.39. The minimum absolute atomic E-state index is 0.0926. The Bertz CT molecular complexity index is 1240. The van der Waals surface area contributed by atoms with Crippen molar-refractivity contribution in [1.29, 1.82) is 0 Å². The Labute approximate surface area is 180 Å². The summed E-state index contributed by atoms with van der Waals surface area (Å²) < 4.78 is 27.8. The number of carbonyl (C=O) groups excluding carboxylic acids is 3. The number of amides is 3. The van der Waals surface area contributed by atoms with Crippen LogP contribution >= 0.6 is 0 Å². The Morgan fingerprint density at radius 3 is 2.53 bits per heavy atom. The molecule has 1 N–H and O–H groups in total. The number of halogens is 2. The summed E-state index contributed by atoms with van der Waals surface area (Å²) in [6.07, 6.45) is 0.402. The van der Waals surface area contributed by atoms with Crippen LogP contribution in [-0.2, 0) is 16.1 Å². The minimum atomic E-state index is -2.84. The van der Waals surface area contributed by atoms with Gasteiger partial charge in [-0.15, -0.1) is 0 Å². The van der Waals surface area contributed by atoms with Crippen molar-refractivity contribution in [2.75, 3.05) is 0 Å². The molecule has 5 rings (SSSR count). The van der Waals surface area contributed by atoms with E-state index in [1.807, 2.05) is 0 Å². The molecule has 2 aliphatic rings. The number of nitrogens with zero attached hydrogens (tertiary/aromatic N) is 4. The van der Waals surface area contributed by atoms with Crippen molar-refractivity contribution < 1.29 is 23.2 Å². The quantitative estimate of drug-likeness (QED) is 0.633. The number of rotatable bonds is 4. The summed E-state index contributed by atoms with van der Waals surface area (Å²) in [4.78, 5) is 42.3. The molecule has 162 valence electrons. The molecule has 2 aliphatic heterocycles. The molecule has 3 aromatic rings. The highest BCUT2D eigenvalue weighted by atomic mass is 19.3. The Hall–Kier alpha value is -3.95. The van der Waals surface area contributed by atoms with Crippen LogP contribution in [0.25, 0.3) is 22.6 Å². The van der Waals surface area contributed by atoms with E-state index in [4.69, 9.17) is 0 Å². The number of hydrogen-bond donors (Lipinski definition) is 1. The minimum Gasteiger partial charge on any atom is -0.321 e. The first-order valence-electron chi connectivity index (χ1n) is 10.0. The molecule has 10 heteroatoms. The Balaban J connectivity index is 1.47. The van der Waals surface area contributed by atoms with E-state index in [9.17, 15) is 23.2 Å². The molecule has 0 saturated carbocycles. The number of imide groups is 1.